The molecule has 0 spiro atoms. The quantitative estimate of drug-likeness (QED) is 0.498. The normalized spacial score (nSPS) is 18.7. The third kappa shape index (κ3) is 3.59. The average molecular weight is 322 g/mol. The van der Waals surface area contributed by atoms with E-state index in [1.807, 2.05) is 0 Å². The Bertz CT molecular complexity index is 687. The summed E-state index contributed by atoms with van der Waals surface area (Å²) in [6.07, 6.45) is 1.95. The average Bonchev–Trinajstić information content (AvgIpc) is 3.00. The second-order valence-corrected chi connectivity index (χ2v) is 4.90. The maximum Gasteiger partial charge on any atom is 0.314 e. The second kappa shape index (κ2) is 6.81. The van der Waals surface area contributed by atoms with E-state index in [0.717, 1.165) is 18.6 Å². The van der Waals surface area contributed by atoms with Crippen molar-refractivity contribution in [3.8, 4) is 0 Å². The maximum atomic E-state index is 11.6. The standard InChI is InChI=1S/C13H14N4O6/c1-23-13(18)9-3-2-4-10(9)14-15-11-6-5-8(16(19)20)7-12(11)17(21)22/h5-7,9,15H,2-4H2,1H3/b14-10-/t9-/m1/s1. The van der Waals surface area contributed by atoms with Crippen molar-refractivity contribution in [2.75, 3.05) is 12.5 Å². The van der Waals surface area contributed by atoms with Crippen LogP contribution in [0.3, 0.4) is 0 Å². The molecule has 1 aromatic carbocycles. The first-order chi connectivity index (χ1) is 10.9. The van der Waals surface area contributed by atoms with Crippen LogP contribution in [0, 0.1) is 26.1 Å². The number of esters is 1. The summed E-state index contributed by atoms with van der Waals surface area (Å²) < 4.78 is 4.69. The van der Waals surface area contributed by atoms with Crippen molar-refractivity contribution >= 4 is 28.7 Å². The fourth-order valence-electron chi connectivity index (χ4n) is 2.37. The van der Waals surface area contributed by atoms with Crippen molar-refractivity contribution in [3.05, 3.63) is 38.4 Å². The van der Waals surface area contributed by atoms with E-state index in [-0.39, 0.29) is 11.4 Å². The van der Waals surface area contributed by atoms with Crippen LogP contribution in [-0.4, -0.2) is 28.6 Å². The summed E-state index contributed by atoms with van der Waals surface area (Å²) >= 11 is 0. The molecule has 0 radical (unpaired) electrons. The van der Waals surface area contributed by atoms with Gasteiger partial charge in [0.15, 0.2) is 0 Å². The highest BCUT2D eigenvalue weighted by Crippen LogP contribution is 2.30. The van der Waals surface area contributed by atoms with Gasteiger partial charge in [0.25, 0.3) is 5.69 Å². The predicted molar refractivity (Wildman–Crippen MR) is 80.2 cm³/mol. The second-order valence-electron chi connectivity index (χ2n) is 4.90. The molecule has 1 saturated carbocycles. The summed E-state index contributed by atoms with van der Waals surface area (Å²) in [7, 11) is 1.28. The molecule has 0 unspecified atom stereocenters. The molecule has 1 aromatic rings. The van der Waals surface area contributed by atoms with Crippen molar-refractivity contribution < 1.29 is 19.4 Å². The van der Waals surface area contributed by atoms with E-state index in [1.165, 1.54) is 13.2 Å². The van der Waals surface area contributed by atoms with E-state index in [2.05, 4.69) is 15.3 Å². The van der Waals surface area contributed by atoms with Gasteiger partial charge in [-0.25, -0.2) is 0 Å². The van der Waals surface area contributed by atoms with Crippen LogP contribution in [0.5, 0.6) is 0 Å². The van der Waals surface area contributed by atoms with Gasteiger partial charge in [-0.15, -0.1) is 0 Å². The number of carbonyl (C=O) groups is 1. The summed E-state index contributed by atoms with van der Waals surface area (Å²) in [5, 5.41) is 25.8. The lowest BCUT2D eigenvalue weighted by Gasteiger charge is -2.09. The molecular formula is C13H14N4O6. The van der Waals surface area contributed by atoms with E-state index in [0.29, 0.717) is 18.6 Å². The van der Waals surface area contributed by atoms with Crippen molar-refractivity contribution in [2.45, 2.75) is 19.3 Å². The predicted octanol–water partition coefficient (Wildman–Crippen LogP) is 2.24. The molecule has 10 heteroatoms. The number of hydrogen-bond acceptors (Lipinski definition) is 8. The zero-order valence-corrected chi connectivity index (χ0v) is 12.2. The lowest BCUT2D eigenvalue weighted by molar-refractivity contribution is -0.393. The number of nitro benzene ring substituents is 2. The fraction of sp³-hybridized carbons (Fsp3) is 0.385. The Morgan fingerprint density at radius 1 is 1.35 bits per heavy atom. The molecular weight excluding hydrogens is 308 g/mol. The molecule has 122 valence electrons. The van der Waals surface area contributed by atoms with Gasteiger partial charge in [0.2, 0.25) is 0 Å². The maximum absolute atomic E-state index is 11.6. The van der Waals surface area contributed by atoms with E-state index in [9.17, 15) is 25.0 Å². The Morgan fingerprint density at radius 3 is 2.70 bits per heavy atom. The molecule has 0 aliphatic heterocycles. The molecule has 2 rings (SSSR count). The highest BCUT2D eigenvalue weighted by Gasteiger charge is 2.30. The van der Waals surface area contributed by atoms with Crippen molar-refractivity contribution in [2.24, 2.45) is 11.0 Å². The number of nitrogens with zero attached hydrogens (tertiary/aromatic N) is 3. The van der Waals surface area contributed by atoms with Crippen LogP contribution in [0.15, 0.2) is 23.3 Å². The molecule has 1 aliphatic carbocycles. The van der Waals surface area contributed by atoms with Crippen LogP contribution in [-0.2, 0) is 9.53 Å². The number of methoxy groups -OCH3 is 1. The van der Waals surface area contributed by atoms with Gasteiger partial charge in [-0.05, 0) is 25.3 Å². The number of ether oxygens (including phenoxy) is 1. The number of carbonyl (C=O) groups excluding carboxylic acids is 1. The Labute approximate surface area is 130 Å². The number of hydrogen-bond donors (Lipinski definition) is 1. The van der Waals surface area contributed by atoms with Gasteiger partial charge in [0.05, 0.1) is 34.7 Å². The van der Waals surface area contributed by atoms with Crippen LogP contribution in [0.25, 0.3) is 0 Å². The topological polar surface area (TPSA) is 137 Å². The first kappa shape index (κ1) is 16.3. The highest BCUT2D eigenvalue weighted by molar-refractivity contribution is 6.03. The molecule has 1 fully saturated rings. The Hall–Kier alpha value is -3.04. The third-order valence-electron chi connectivity index (χ3n) is 3.52. The van der Waals surface area contributed by atoms with Gasteiger partial charge in [0.1, 0.15) is 5.69 Å². The van der Waals surface area contributed by atoms with Gasteiger partial charge in [-0.2, -0.15) is 5.10 Å². The molecule has 0 heterocycles. The number of anilines is 1. The Balaban J connectivity index is 2.26. The van der Waals surface area contributed by atoms with E-state index in [4.69, 9.17) is 0 Å². The molecule has 23 heavy (non-hydrogen) atoms. The van der Waals surface area contributed by atoms with Gasteiger partial charge in [-0.1, -0.05) is 0 Å². The molecule has 0 aromatic heterocycles. The van der Waals surface area contributed by atoms with Gasteiger partial charge in [-0.3, -0.25) is 30.4 Å². The lowest BCUT2D eigenvalue weighted by Crippen LogP contribution is -2.21. The molecule has 0 bridgehead atoms. The SMILES string of the molecule is COC(=O)[C@@H]1CCC/C1=N/Nc1ccc([N+](=O)[O-])cc1[N+](=O)[O-]. The van der Waals surface area contributed by atoms with Crippen molar-refractivity contribution in [1.29, 1.82) is 0 Å². The number of nitro groups is 2. The minimum atomic E-state index is -0.734. The van der Waals surface area contributed by atoms with Gasteiger partial charge in [0, 0.05) is 6.07 Å². The van der Waals surface area contributed by atoms with E-state index in [1.54, 1.807) is 0 Å². The smallest absolute Gasteiger partial charge is 0.314 e. The first-order valence-corrected chi connectivity index (χ1v) is 6.77. The molecule has 10 nitrogen and oxygen atoms in total. The summed E-state index contributed by atoms with van der Waals surface area (Å²) in [5.41, 5.74) is 2.24. The van der Waals surface area contributed by atoms with E-state index < -0.39 is 27.4 Å². The summed E-state index contributed by atoms with van der Waals surface area (Å²) in [6.45, 7) is 0. The van der Waals surface area contributed by atoms with Gasteiger partial charge >= 0.3 is 11.7 Å². The number of hydrazone groups is 1. The van der Waals surface area contributed by atoms with E-state index >= 15 is 0 Å². The lowest BCUT2D eigenvalue weighted by atomic mass is 10.1. The largest absolute Gasteiger partial charge is 0.469 e. The summed E-state index contributed by atoms with van der Waals surface area (Å²) in [4.78, 5) is 31.9. The highest BCUT2D eigenvalue weighted by atomic mass is 16.6. The summed E-state index contributed by atoms with van der Waals surface area (Å²) in [6, 6.07) is 3.21. The minimum absolute atomic E-state index is 0.0172. The molecule has 1 aliphatic rings. The molecule has 1 atom stereocenters. The first-order valence-electron chi connectivity index (χ1n) is 6.77. The number of rotatable bonds is 5. The van der Waals surface area contributed by atoms with Crippen LogP contribution in [0.1, 0.15) is 19.3 Å². The number of nitrogens with one attached hydrogen (secondary N) is 1. The summed E-state index contributed by atoms with van der Waals surface area (Å²) in [5.74, 6) is -0.870. The number of benzene rings is 1. The van der Waals surface area contributed by atoms with Crippen LogP contribution in [0.2, 0.25) is 0 Å². The zero-order valence-electron chi connectivity index (χ0n) is 12.2. The van der Waals surface area contributed by atoms with Gasteiger partial charge < -0.3 is 4.74 Å². The Kier molecular flexibility index (Phi) is 4.84. The monoisotopic (exact) mass is 322 g/mol. The molecule has 0 saturated heterocycles. The van der Waals surface area contributed by atoms with Crippen LogP contribution < -0.4 is 5.43 Å². The third-order valence-corrected chi connectivity index (χ3v) is 3.52. The van der Waals surface area contributed by atoms with Crippen molar-refractivity contribution in [1.82, 2.24) is 0 Å². The van der Waals surface area contributed by atoms with Crippen LogP contribution >= 0.6 is 0 Å². The minimum Gasteiger partial charge on any atom is -0.469 e. The molecule has 1 N–H and O–H groups in total. The van der Waals surface area contributed by atoms with Crippen molar-refractivity contribution in [3.63, 3.8) is 0 Å². The zero-order chi connectivity index (χ0) is 17.0. The number of non-ortho nitro benzene ring substituents is 1. The Morgan fingerprint density at radius 2 is 2.09 bits per heavy atom. The fourth-order valence-corrected chi connectivity index (χ4v) is 2.37. The molecule has 0 amide bonds. The van der Waals surface area contributed by atoms with Crippen LogP contribution in [0.4, 0.5) is 17.1 Å².